The van der Waals surface area contributed by atoms with Gasteiger partial charge in [0.2, 0.25) is 0 Å². The average molecular weight is 128 g/mol. The van der Waals surface area contributed by atoms with Crippen molar-refractivity contribution in [2.24, 2.45) is 0 Å². The lowest BCUT2D eigenvalue weighted by atomic mass is 9.97. The molecule has 0 radical (unpaired) electrons. The third kappa shape index (κ3) is 1.72. The van der Waals surface area contributed by atoms with E-state index in [1.807, 2.05) is 0 Å². The van der Waals surface area contributed by atoms with Crippen LogP contribution in [-0.4, -0.2) is 5.54 Å². The van der Waals surface area contributed by atoms with E-state index in [1.54, 1.807) is 0 Å². The number of allylic oxidation sites excluding steroid dienone is 1. The van der Waals surface area contributed by atoms with Crippen molar-refractivity contribution >= 4 is 0 Å². The van der Waals surface area contributed by atoms with E-state index in [0.717, 1.165) is 12.1 Å². The predicted molar refractivity (Wildman–Crippen MR) is 40.8 cm³/mol. The van der Waals surface area contributed by atoms with Crippen LogP contribution in [-0.2, 0) is 0 Å². The van der Waals surface area contributed by atoms with Crippen LogP contribution < -0.4 is 10.9 Å². The smallest absolute Gasteiger partial charge is 0.0318 e. The van der Waals surface area contributed by atoms with Crippen LogP contribution in [0.15, 0.2) is 12.3 Å². The summed E-state index contributed by atoms with van der Waals surface area (Å²) < 4.78 is 0. The molecule has 1 fully saturated rings. The summed E-state index contributed by atoms with van der Waals surface area (Å²) in [4.78, 5) is 0. The van der Waals surface area contributed by atoms with E-state index in [0.29, 0.717) is 0 Å². The average Bonchev–Trinajstić information content (AvgIpc) is 1.78. The van der Waals surface area contributed by atoms with Crippen molar-refractivity contribution in [2.45, 2.75) is 32.2 Å². The van der Waals surface area contributed by atoms with Crippen LogP contribution in [0.2, 0.25) is 0 Å². The highest BCUT2D eigenvalue weighted by molar-refractivity contribution is 4.98. The molecule has 0 aliphatic carbocycles. The van der Waals surface area contributed by atoms with Crippen molar-refractivity contribution in [1.82, 2.24) is 10.9 Å². The Hall–Kier alpha value is -0.500. The van der Waals surface area contributed by atoms with Gasteiger partial charge in [-0.1, -0.05) is 6.58 Å². The lowest BCUT2D eigenvalue weighted by Crippen LogP contribution is -2.51. The van der Waals surface area contributed by atoms with E-state index in [4.69, 9.17) is 0 Å². The van der Waals surface area contributed by atoms with Crippen molar-refractivity contribution < 1.29 is 1.43 Å². The van der Waals surface area contributed by atoms with Crippen molar-refractivity contribution in [2.75, 3.05) is 0 Å². The predicted octanol–water partition coefficient (Wildman–Crippen LogP) is 1.41. The Balaban J connectivity index is 0.000000810. The van der Waals surface area contributed by atoms with Crippen LogP contribution in [0.4, 0.5) is 0 Å². The molecule has 2 N–H and O–H groups in total. The number of hydrazine groups is 1. The first-order valence-electron chi connectivity index (χ1n) is 3.31. The topological polar surface area (TPSA) is 24.1 Å². The first-order valence-corrected chi connectivity index (χ1v) is 3.31. The minimum Gasteiger partial charge on any atom is -0.326 e. The van der Waals surface area contributed by atoms with Gasteiger partial charge >= 0.3 is 0 Å². The van der Waals surface area contributed by atoms with Crippen LogP contribution in [0.25, 0.3) is 0 Å². The van der Waals surface area contributed by atoms with Gasteiger partial charge in [-0.2, -0.15) is 0 Å². The Bertz CT molecular complexity index is 120. The van der Waals surface area contributed by atoms with Gasteiger partial charge in [0.25, 0.3) is 0 Å². The molecule has 1 aliphatic heterocycles. The van der Waals surface area contributed by atoms with Gasteiger partial charge < -0.3 is 5.43 Å². The van der Waals surface area contributed by atoms with Crippen LogP contribution in [0.1, 0.15) is 28.1 Å². The number of hydrogen-bond acceptors (Lipinski definition) is 2. The number of rotatable bonds is 0. The second-order valence-electron chi connectivity index (χ2n) is 3.24. The summed E-state index contributed by atoms with van der Waals surface area (Å²) >= 11 is 0. The zero-order chi connectivity index (χ0) is 6.91. The van der Waals surface area contributed by atoms with E-state index in [2.05, 4.69) is 31.3 Å². The molecule has 0 atom stereocenters. The van der Waals surface area contributed by atoms with Gasteiger partial charge in [-0.05, 0) is 26.7 Å². The Morgan fingerprint density at radius 3 is 2.67 bits per heavy atom. The van der Waals surface area contributed by atoms with Gasteiger partial charge in [-0.15, -0.1) is 0 Å². The zero-order valence-corrected chi connectivity index (χ0v) is 6.12. The van der Waals surface area contributed by atoms with Crippen molar-refractivity contribution in [3.8, 4) is 0 Å². The maximum Gasteiger partial charge on any atom is 0.0318 e. The maximum absolute atomic E-state index is 3.81. The normalized spacial score (nSPS) is 25.3. The van der Waals surface area contributed by atoms with E-state index < -0.39 is 0 Å². The maximum atomic E-state index is 3.81. The Morgan fingerprint density at radius 2 is 2.33 bits per heavy atom. The summed E-state index contributed by atoms with van der Waals surface area (Å²) in [5, 5.41) is 0. The van der Waals surface area contributed by atoms with Gasteiger partial charge in [-0.3, -0.25) is 0 Å². The molecule has 1 aliphatic rings. The molecule has 1 heterocycles. The molecule has 1 rings (SSSR count). The zero-order valence-electron chi connectivity index (χ0n) is 6.12. The fourth-order valence-corrected chi connectivity index (χ4v) is 0.846. The van der Waals surface area contributed by atoms with Gasteiger partial charge in [0.05, 0.1) is 0 Å². The minimum absolute atomic E-state index is 0. The molecule has 0 aromatic rings. The van der Waals surface area contributed by atoms with Gasteiger partial charge in [-0.25, -0.2) is 5.43 Å². The highest BCUT2D eigenvalue weighted by Crippen LogP contribution is 2.16. The molecule has 0 aromatic carbocycles. The van der Waals surface area contributed by atoms with Crippen molar-refractivity contribution in [3.05, 3.63) is 12.3 Å². The van der Waals surface area contributed by atoms with Crippen LogP contribution >= 0.6 is 0 Å². The molecule has 0 unspecified atom stereocenters. The van der Waals surface area contributed by atoms with Gasteiger partial charge in [0, 0.05) is 12.7 Å². The highest BCUT2D eigenvalue weighted by Gasteiger charge is 2.20. The molecule has 54 valence electrons. The summed E-state index contributed by atoms with van der Waals surface area (Å²) in [6.45, 7) is 8.15. The molecule has 0 aromatic heterocycles. The Labute approximate surface area is 57.8 Å². The van der Waals surface area contributed by atoms with Crippen LogP contribution in [0.3, 0.4) is 0 Å². The Morgan fingerprint density at radius 1 is 1.67 bits per heavy atom. The fourth-order valence-electron chi connectivity index (χ4n) is 0.846. The first-order chi connectivity index (χ1) is 4.10. The summed E-state index contributed by atoms with van der Waals surface area (Å²) in [6.07, 6.45) is 2.25. The first kappa shape index (κ1) is 6.62. The third-order valence-electron chi connectivity index (χ3n) is 1.63. The standard InChI is InChI=1S/C7H14N2.H2/c1-6-4-5-7(2,3)9-8-6;/h8-9H,1,4-5H2,2-3H3;1H. The molecule has 0 spiro atoms. The molecule has 0 saturated carbocycles. The largest absolute Gasteiger partial charge is 0.326 e. The molecular formula is C7H16N2. The van der Waals surface area contributed by atoms with E-state index in [9.17, 15) is 0 Å². The molecule has 2 heteroatoms. The third-order valence-corrected chi connectivity index (χ3v) is 1.63. The lowest BCUT2D eigenvalue weighted by molar-refractivity contribution is 0.288. The van der Waals surface area contributed by atoms with E-state index in [1.165, 1.54) is 6.42 Å². The summed E-state index contributed by atoms with van der Waals surface area (Å²) in [7, 11) is 0. The highest BCUT2D eigenvalue weighted by atomic mass is 15.4. The van der Waals surface area contributed by atoms with Crippen molar-refractivity contribution in [3.63, 3.8) is 0 Å². The van der Waals surface area contributed by atoms with Crippen LogP contribution in [0.5, 0.6) is 0 Å². The number of hydrogen-bond donors (Lipinski definition) is 2. The molecule has 0 amide bonds. The molecule has 9 heavy (non-hydrogen) atoms. The minimum atomic E-state index is 0. The fraction of sp³-hybridized carbons (Fsp3) is 0.714. The second kappa shape index (κ2) is 2.03. The van der Waals surface area contributed by atoms with E-state index in [-0.39, 0.29) is 6.97 Å². The van der Waals surface area contributed by atoms with E-state index >= 15 is 0 Å². The summed E-state index contributed by atoms with van der Waals surface area (Å²) in [5.74, 6) is 0. The van der Waals surface area contributed by atoms with Gasteiger partial charge in [0.15, 0.2) is 0 Å². The van der Waals surface area contributed by atoms with Crippen molar-refractivity contribution in [1.29, 1.82) is 0 Å². The molecule has 2 nitrogen and oxygen atoms in total. The Kier molecular flexibility index (Phi) is 1.49. The SMILES string of the molecule is C=C1CCC(C)(C)NN1.[HH]. The molecule has 1 saturated heterocycles. The second-order valence-corrected chi connectivity index (χ2v) is 3.24. The quantitative estimate of drug-likeness (QED) is 0.515. The molecular weight excluding hydrogens is 112 g/mol. The molecule has 0 bridgehead atoms. The van der Waals surface area contributed by atoms with Crippen LogP contribution in [0, 0.1) is 0 Å². The van der Waals surface area contributed by atoms with Gasteiger partial charge in [0.1, 0.15) is 0 Å². The monoisotopic (exact) mass is 128 g/mol. The number of nitrogens with one attached hydrogen (secondary N) is 2. The lowest BCUT2D eigenvalue weighted by Gasteiger charge is -2.32. The summed E-state index contributed by atoms with van der Waals surface area (Å²) in [6, 6.07) is 0. The summed E-state index contributed by atoms with van der Waals surface area (Å²) in [5.41, 5.74) is 7.52.